The van der Waals surface area contributed by atoms with E-state index in [1.165, 1.54) is 24.3 Å². The van der Waals surface area contributed by atoms with E-state index in [4.69, 9.17) is 27.9 Å². The molecule has 18 heavy (non-hydrogen) atoms. The van der Waals surface area contributed by atoms with Crippen LogP contribution in [0.1, 0.15) is 0 Å². The number of hydrogen-bond donors (Lipinski definition) is 0. The summed E-state index contributed by atoms with van der Waals surface area (Å²) in [7, 11) is 0. The van der Waals surface area contributed by atoms with Crippen molar-refractivity contribution in [1.29, 1.82) is 0 Å². The Morgan fingerprint density at radius 1 is 1.22 bits per heavy atom. The molecule has 0 aliphatic carbocycles. The Labute approximate surface area is 111 Å². The van der Waals surface area contributed by atoms with Crippen molar-refractivity contribution in [3.8, 4) is 11.5 Å². The zero-order valence-electron chi connectivity index (χ0n) is 8.71. The number of nitrogens with zero attached hydrogens (tertiary/aromatic N) is 3. The van der Waals surface area contributed by atoms with E-state index in [1.807, 2.05) is 0 Å². The van der Waals surface area contributed by atoms with E-state index in [1.54, 1.807) is 6.07 Å². The Hall–Kier alpha value is -1.92. The molecule has 1 aromatic carbocycles. The van der Waals surface area contributed by atoms with E-state index >= 15 is 0 Å². The maximum absolute atomic E-state index is 10.6. The summed E-state index contributed by atoms with van der Waals surface area (Å²) in [4.78, 5) is 10.1. The van der Waals surface area contributed by atoms with Crippen molar-refractivity contribution < 1.29 is 9.66 Å². The number of rotatable bonds is 3. The van der Waals surface area contributed by atoms with E-state index < -0.39 is 4.92 Å². The highest BCUT2D eigenvalue weighted by atomic mass is 35.5. The zero-order valence-corrected chi connectivity index (χ0v) is 10.2. The number of nitro groups is 1. The summed E-state index contributed by atoms with van der Waals surface area (Å²) in [6.07, 6.45) is 0. The maximum atomic E-state index is 10.6. The third-order valence-corrected chi connectivity index (χ3v) is 2.39. The van der Waals surface area contributed by atoms with Crippen LogP contribution < -0.4 is 4.74 Å². The van der Waals surface area contributed by atoms with Crippen molar-refractivity contribution in [1.82, 2.24) is 10.2 Å². The lowest BCUT2D eigenvalue weighted by atomic mass is 10.3. The van der Waals surface area contributed by atoms with Gasteiger partial charge in [0.15, 0.2) is 16.1 Å². The number of non-ortho nitro benzene ring substituents is 1. The molecule has 0 atom stereocenters. The summed E-state index contributed by atoms with van der Waals surface area (Å²) in [5, 5.41) is 17.8. The Balaban J connectivity index is 2.31. The van der Waals surface area contributed by atoms with E-state index in [-0.39, 0.29) is 27.5 Å². The van der Waals surface area contributed by atoms with Gasteiger partial charge in [-0.2, -0.15) is 0 Å². The molecular weight excluding hydrogens is 281 g/mol. The summed E-state index contributed by atoms with van der Waals surface area (Å²) in [5.74, 6) is 0.437. The average molecular weight is 286 g/mol. The topological polar surface area (TPSA) is 78.2 Å². The van der Waals surface area contributed by atoms with Crippen molar-refractivity contribution in [2.24, 2.45) is 0 Å². The fourth-order valence-corrected chi connectivity index (χ4v) is 1.46. The normalized spacial score (nSPS) is 10.1. The summed E-state index contributed by atoms with van der Waals surface area (Å²) in [6.45, 7) is 0. The molecule has 2 rings (SSSR count). The number of nitro benzene ring substituents is 1. The van der Waals surface area contributed by atoms with Gasteiger partial charge in [-0.25, -0.2) is 0 Å². The molecule has 92 valence electrons. The van der Waals surface area contributed by atoms with Gasteiger partial charge in [0, 0.05) is 12.1 Å². The first-order valence-electron chi connectivity index (χ1n) is 4.67. The van der Waals surface area contributed by atoms with Crippen LogP contribution in [-0.2, 0) is 0 Å². The molecule has 0 spiro atoms. The minimum absolute atomic E-state index is 0.0194. The predicted molar refractivity (Wildman–Crippen MR) is 65.2 cm³/mol. The van der Waals surface area contributed by atoms with Crippen LogP contribution in [0.5, 0.6) is 11.5 Å². The van der Waals surface area contributed by atoms with Crippen molar-refractivity contribution in [3.63, 3.8) is 0 Å². The van der Waals surface area contributed by atoms with Gasteiger partial charge >= 0.3 is 0 Å². The number of benzene rings is 1. The summed E-state index contributed by atoms with van der Waals surface area (Å²) in [6, 6.07) is 7.04. The standard InChI is InChI=1S/C10H5Cl2N3O3/c11-9-5-8(10(12)14-13-9)18-7-3-1-2-6(4-7)15(16)17/h1-5H. The second-order valence-corrected chi connectivity index (χ2v) is 3.92. The van der Waals surface area contributed by atoms with Gasteiger partial charge in [0.05, 0.1) is 11.0 Å². The molecule has 0 saturated carbocycles. The van der Waals surface area contributed by atoms with Crippen molar-refractivity contribution >= 4 is 28.9 Å². The van der Waals surface area contributed by atoms with Crippen molar-refractivity contribution in [2.75, 3.05) is 0 Å². The number of aromatic nitrogens is 2. The molecule has 2 aromatic rings. The molecule has 0 fully saturated rings. The first-order valence-corrected chi connectivity index (χ1v) is 5.43. The first kappa shape index (κ1) is 12.5. The summed E-state index contributed by atoms with van der Waals surface area (Å²) in [5.41, 5.74) is -0.0864. The van der Waals surface area contributed by atoms with Gasteiger partial charge in [0.2, 0.25) is 0 Å². The number of hydrogen-bond acceptors (Lipinski definition) is 5. The van der Waals surface area contributed by atoms with Crippen LogP contribution in [0, 0.1) is 10.1 Å². The molecule has 0 bridgehead atoms. The highest BCUT2D eigenvalue weighted by molar-refractivity contribution is 6.32. The van der Waals surface area contributed by atoms with E-state index in [0.29, 0.717) is 0 Å². The Kier molecular flexibility index (Phi) is 3.59. The third kappa shape index (κ3) is 2.85. The Morgan fingerprint density at radius 2 is 2.00 bits per heavy atom. The molecule has 0 saturated heterocycles. The molecule has 0 N–H and O–H groups in total. The molecule has 0 amide bonds. The number of ether oxygens (including phenoxy) is 1. The molecule has 0 aliphatic rings. The van der Waals surface area contributed by atoms with Crippen molar-refractivity contribution in [3.05, 3.63) is 50.8 Å². The average Bonchev–Trinajstić information content (AvgIpc) is 2.34. The van der Waals surface area contributed by atoms with E-state index in [0.717, 1.165) is 0 Å². The lowest BCUT2D eigenvalue weighted by molar-refractivity contribution is -0.384. The van der Waals surface area contributed by atoms with Crippen molar-refractivity contribution in [2.45, 2.75) is 0 Å². The largest absolute Gasteiger partial charge is 0.454 e. The fourth-order valence-electron chi connectivity index (χ4n) is 1.20. The molecule has 8 heteroatoms. The van der Waals surface area contributed by atoms with Crippen LogP contribution in [0.3, 0.4) is 0 Å². The van der Waals surface area contributed by atoms with Gasteiger partial charge in [0.25, 0.3) is 5.69 Å². The summed E-state index contributed by atoms with van der Waals surface area (Å²) < 4.78 is 5.36. The second kappa shape index (κ2) is 5.16. The minimum atomic E-state index is -0.522. The molecule has 0 aliphatic heterocycles. The second-order valence-electron chi connectivity index (χ2n) is 3.18. The highest BCUT2D eigenvalue weighted by Crippen LogP contribution is 2.30. The van der Waals surface area contributed by atoms with Crippen LogP contribution >= 0.6 is 23.2 Å². The first-order chi connectivity index (χ1) is 8.56. The molecular formula is C10H5Cl2N3O3. The fraction of sp³-hybridized carbons (Fsp3) is 0. The number of halogens is 2. The van der Waals surface area contributed by atoms with Crippen LogP contribution in [-0.4, -0.2) is 15.1 Å². The SMILES string of the molecule is O=[N+]([O-])c1cccc(Oc2cc(Cl)nnc2Cl)c1. The molecule has 0 unspecified atom stereocenters. The smallest absolute Gasteiger partial charge is 0.273 e. The summed E-state index contributed by atoms with van der Waals surface area (Å²) >= 11 is 11.4. The van der Waals surface area contributed by atoms with Crippen LogP contribution in [0.2, 0.25) is 10.3 Å². The molecule has 6 nitrogen and oxygen atoms in total. The van der Waals surface area contributed by atoms with Crippen LogP contribution in [0.25, 0.3) is 0 Å². The maximum Gasteiger partial charge on any atom is 0.273 e. The van der Waals surface area contributed by atoms with Gasteiger partial charge in [0.1, 0.15) is 5.75 Å². The Bertz CT molecular complexity index is 607. The molecule has 0 radical (unpaired) electrons. The minimum Gasteiger partial charge on any atom is -0.454 e. The lowest BCUT2D eigenvalue weighted by Crippen LogP contribution is -1.92. The highest BCUT2D eigenvalue weighted by Gasteiger charge is 2.10. The van der Waals surface area contributed by atoms with Gasteiger partial charge in [-0.15, -0.1) is 10.2 Å². The van der Waals surface area contributed by atoms with Crippen LogP contribution in [0.15, 0.2) is 30.3 Å². The van der Waals surface area contributed by atoms with Gasteiger partial charge in [-0.1, -0.05) is 29.3 Å². The molecule has 1 heterocycles. The quantitative estimate of drug-likeness (QED) is 0.637. The van der Waals surface area contributed by atoms with Gasteiger partial charge in [-0.3, -0.25) is 10.1 Å². The third-order valence-electron chi connectivity index (χ3n) is 1.94. The zero-order chi connectivity index (χ0) is 13.1. The Morgan fingerprint density at radius 3 is 2.72 bits per heavy atom. The molecule has 1 aromatic heterocycles. The van der Waals surface area contributed by atoms with Gasteiger partial charge in [-0.05, 0) is 6.07 Å². The van der Waals surface area contributed by atoms with Crippen LogP contribution in [0.4, 0.5) is 5.69 Å². The predicted octanol–water partition coefficient (Wildman–Crippen LogP) is 3.48. The monoisotopic (exact) mass is 285 g/mol. The van der Waals surface area contributed by atoms with E-state index in [9.17, 15) is 10.1 Å². The van der Waals surface area contributed by atoms with Gasteiger partial charge < -0.3 is 4.74 Å². The lowest BCUT2D eigenvalue weighted by Gasteiger charge is -2.06. The van der Waals surface area contributed by atoms with E-state index in [2.05, 4.69) is 10.2 Å².